The Hall–Kier alpha value is -2.10. The van der Waals surface area contributed by atoms with Crippen LogP contribution in [0.15, 0.2) is 43.0 Å². The molecule has 2 aromatic rings. The van der Waals surface area contributed by atoms with E-state index >= 15 is 0 Å². The lowest BCUT2D eigenvalue weighted by atomic mass is 9.91. The van der Waals surface area contributed by atoms with E-state index in [-0.39, 0.29) is 0 Å². The molecule has 1 N–H and O–H groups in total. The van der Waals surface area contributed by atoms with Crippen LogP contribution < -0.4 is 0 Å². The Morgan fingerprint density at radius 1 is 1.17 bits per heavy atom. The van der Waals surface area contributed by atoms with Crippen molar-refractivity contribution >= 4 is 5.97 Å². The Labute approximate surface area is 138 Å². The maximum Gasteiger partial charge on any atom is 0.311 e. The lowest BCUT2D eigenvalue weighted by Crippen LogP contribution is -2.14. The van der Waals surface area contributed by atoms with Gasteiger partial charge in [-0.1, -0.05) is 63.6 Å². The molecule has 2 rings (SSSR count). The van der Waals surface area contributed by atoms with E-state index in [0.29, 0.717) is 6.42 Å². The Balaban J connectivity index is 2.05. The minimum Gasteiger partial charge on any atom is -0.481 e. The van der Waals surface area contributed by atoms with Crippen LogP contribution in [0.1, 0.15) is 63.4 Å². The normalized spacial score (nSPS) is 12.2. The third-order valence-corrected chi connectivity index (χ3v) is 4.24. The second-order valence-corrected chi connectivity index (χ2v) is 5.98. The van der Waals surface area contributed by atoms with Crippen LogP contribution in [0.4, 0.5) is 0 Å². The van der Waals surface area contributed by atoms with Gasteiger partial charge < -0.3 is 9.67 Å². The average Bonchev–Trinajstić information content (AvgIpc) is 3.08. The zero-order valence-electron chi connectivity index (χ0n) is 13.8. The van der Waals surface area contributed by atoms with Gasteiger partial charge in [0, 0.05) is 12.4 Å². The molecule has 0 aliphatic carbocycles. The highest BCUT2D eigenvalue weighted by atomic mass is 16.4. The van der Waals surface area contributed by atoms with Crippen molar-refractivity contribution in [1.29, 1.82) is 0 Å². The predicted molar refractivity (Wildman–Crippen MR) is 91.9 cm³/mol. The molecule has 23 heavy (non-hydrogen) atoms. The SMILES string of the molecule is CCCCCCCCC(C(=O)O)c1ccccc1-n1ccnc1. The van der Waals surface area contributed by atoms with Gasteiger partial charge >= 0.3 is 5.97 Å². The van der Waals surface area contributed by atoms with Gasteiger partial charge in [0.25, 0.3) is 0 Å². The summed E-state index contributed by atoms with van der Waals surface area (Å²) in [7, 11) is 0. The Morgan fingerprint density at radius 2 is 1.91 bits per heavy atom. The molecule has 0 saturated heterocycles. The minimum absolute atomic E-state index is 0.459. The molecule has 0 amide bonds. The van der Waals surface area contributed by atoms with Gasteiger partial charge in [0.05, 0.1) is 17.9 Å². The number of aliphatic carboxylic acids is 1. The van der Waals surface area contributed by atoms with E-state index in [1.54, 1.807) is 12.5 Å². The summed E-state index contributed by atoms with van der Waals surface area (Å²) < 4.78 is 1.88. The van der Waals surface area contributed by atoms with Gasteiger partial charge in [-0.3, -0.25) is 4.79 Å². The van der Waals surface area contributed by atoms with Gasteiger partial charge in [0.15, 0.2) is 0 Å². The van der Waals surface area contributed by atoms with Crippen molar-refractivity contribution in [3.63, 3.8) is 0 Å². The Morgan fingerprint density at radius 3 is 2.61 bits per heavy atom. The molecule has 4 nitrogen and oxygen atoms in total. The van der Waals surface area contributed by atoms with E-state index < -0.39 is 11.9 Å². The van der Waals surface area contributed by atoms with Crippen LogP contribution in [0.2, 0.25) is 0 Å². The van der Waals surface area contributed by atoms with Crippen LogP contribution in [0.5, 0.6) is 0 Å². The quantitative estimate of drug-likeness (QED) is 0.641. The van der Waals surface area contributed by atoms with Crippen molar-refractivity contribution in [1.82, 2.24) is 9.55 Å². The molecule has 0 bridgehead atoms. The maximum atomic E-state index is 11.8. The van der Waals surface area contributed by atoms with E-state index in [9.17, 15) is 9.90 Å². The van der Waals surface area contributed by atoms with Crippen LogP contribution in [0.3, 0.4) is 0 Å². The van der Waals surface area contributed by atoms with Crippen molar-refractivity contribution in [2.75, 3.05) is 0 Å². The number of hydrogen-bond donors (Lipinski definition) is 1. The largest absolute Gasteiger partial charge is 0.481 e. The third kappa shape index (κ3) is 4.95. The molecule has 0 radical (unpaired) electrons. The van der Waals surface area contributed by atoms with Crippen molar-refractivity contribution in [2.45, 2.75) is 57.8 Å². The Bertz CT molecular complexity index is 593. The number of aromatic nitrogens is 2. The summed E-state index contributed by atoms with van der Waals surface area (Å²) in [5.41, 5.74) is 1.77. The van der Waals surface area contributed by atoms with E-state index in [4.69, 9.17) is 0 Å². The fourth-order valence-electron chi connectivity index (χ4n) is 2.96. The van der Waals surface area contributed by atoms with Gasteiger partial charge in [-0.25, -0.2) is 4.98 Å². The van der Waals surface area contributed by atoms with Crippen LogP contribution in [0.25, 0.3) is 5.69 Å². The van der Waals surface area contributed by atoms with Gasteiger partial charge in [-0.05, 0) is 18.1 Å². The highest BCUT2D eigenvalue weighted by Crippen LogP contribution is 2.28. The first kappa shape index (κ1) is 17.3. The summed E-state index contributed by atoms with van der Waals surface area (Å²) in [5, 5.41) is 9.66. The molecule has 0 spiro atoms. The topological polar surface area (TPSA) is 55.1 Å². The second kappa shape index (κ2) is 9.13. The number of unbranched alkanes of at least 4 members (excludes halogenated alkanes) is 5. The van der Waals surface area contributed by atoms with Gasteiger partial charge in [0.1, 0.15) is 0 Å². The summed E-state index contributed by atoms with van der Waals surface area (Å²) in [6.45, 7) is 2.20. The third-order valence-electron chi connectivity index (χ3n) is 4.24. The molecule has 1 atom stereocenters. The molecule has 0 fully saturated rings. The number of carboxylic acids is 1. The fraction of sp³-hybridized carbons (Fsp3) is 0.474. The summed E-state index contributed by atoms with van der Waals surface area (Å²) >= 11 is 0. The van der Waals surface area contributed by atoms with E-state index in [1.165, 1.54) is 25.7 Å². The number of para-hydroxylation sites is 1. The molecule has 124 valence electrons. The van der Waals surface area contributed by atoms with Crippen LogP contribution in [-0.4, -0.2) is 20.6 Å². The predicted octanol–water partition coefficient (Wildman–Crippen LogP) is 4.79. The highest BCUT2D eigenvalue weighted by molar-refractivity contribution is 5.77. The number of carbonyl (C=O) groups is 1. The monoisotopic (exact) mass is 314 g/mol. The van der Waals surface area contributed by atoms with Crippen LogP contribution in [-0.2, 0) is 4.79 Å². The van der Waals surface area contributed by atoms with Crippen molar-refractivity contribution in [3.05, 3.63) is 48.5 Å². The average molecular weight is 314 g/mol. The number of rotatable bonds is 10. The van der Waals surface area contributed by atoms with E-state index in [1.807, 2.05) is 35.0 Å². The van der Waals surface area contributed by atoms with E-state index in [2.05, 4.69) is 11.9 Å². The van der Waals surface area contributed by atoms with Crippen LogP contribution in [0, 0.1) is 0 Å². The molecule has 1 aromatic carbocycles. The second-order valence-electron chi connectivity index (χ2n) is 5.98. The zero-order chi connectivity index (χ0) is 16.5. The van der Waals surface area contributed by atoms with Crippen molar-refractivity contribution in [2.24, 2.45) is 0 Å². The van der Waals surface area contributed by atoms with Gasteiger partial charge in [0.2, 0.25) is 0 Å². The molecule has 1 heterocycles. The molecule has 0 aliphatic heterocycles. The summed E-state index contributed by atoms with van der Waals surface area (Å²) in [5.74, 6) is -1.20. The molecule has 0 saturated carbocycles. The van der Waals surface area contributed by atoms with E-state index in [0.717, 1.165) is 24.1 Å². The van der Waals surface area contributed by atoms with Gasteiger partial charge in [-0.15, -0.1) is 0 Å². The Kier molecular flexibility index (Phi) is 6.85. The first-order chi connectivity index (χ1) is 11.2. The summed E-state index contributed by atoms with van der Waals surface area (Å²) in [6, 6.07) is 7.72. The fourth-order valence-corrected chi connectivity index (χ4v) is 2.96. The first-order valence-corrected chi connectivity index (χ1v) is 8.54. The van der Waals surface area contributed by atoms with Crippen molar-refractivity contribution in [3.8, 4) is 5.69 Å². The highest BCUT2D eigenvalue weighted by Gasteiger charge is 2.22. The summed E-state index contributed by atoms with van der Waals surface area (Å²) in [4.78, 5) is 15.8. The lowest BCUT2D eigenvalue weighted by Gasteiger charge is -2.17. The number of hydrogen-bond acceptors (Lipinski definition) is 2. The first-order valence-electron chi connectivity index (χ1n) is 8.54. The number of carboxylic acid groups (broad SMARTS) is 1. The number of nitrogens with zero attached hydrogens (tertiary/aromatic N) is 2. The molecule has 1 aromatic heterocycles. The number of imidazole rings is 1. The van der Waals surface area contributed by atoms with Crippen LogP contribution >= 0.6 is 0 Å². The molecular weight excluding hydrogens is 288 g/mol. The molecule has 4 heteroatoms. The molecule has 0 aliphatic rings. The number of benzene rings is 1. The standard InChI is InChI=1S/C19H26N2O2/c1-2-3-4-5-6-7-11-17(19(22)23)16-10-8-9-12-18(16)21-14-13-20-15-21/h8-10,12-15,17H,2-7,11H2,1H3,(H,22,23). The molecule has 1 unspecified atom stereocenters. The van der Waals surface area contributed by atoms with Crippen molar-refractivity contribution < 1.29 is 9.90 Å². The van der Waals surface area contributed by atoms with Gasteiger partial charge in [-0.2, -0.15) is 0 Å². The lowest BCUT2D eigenvalue weighted by molar-refractivity contribution is -0.139. The minimum atomic E-state index is -0.744. The zero-order valence-corrected chi connectivity index (χ0v) is 13.8. The summed E-state index contributed by atoms with van der Waals surface area (Å²) in [6.07, 6.45) is 13.0. The molecular formula is C19H26N2O2. The maximum absolute atomic E-state index is 11.8. The smallest absolute Gasteiger partial charge is 0.311 e.